The molecule has 1 amide bonds. The Hall–Kier alpha value is -3.42. The van der Waals surface area contributed by atoms with Crippen LogP contribution in [-0.2, 0) is 22.3 Å². The summed E-state index contributed by atoms with van der Waals surface area (Å²) >= 11 is 1.19. The molecule has 0 saturated carbocycles. The number of hydrogen-bond acceptors (Lipinski definition) is 7. The normalized spacial score (nSPS) is 20.7. The Morgan fingerprint density at radius 1 is 1.16 bits per heavy atom. The minimum atomic E-state index is -4.77. The van der Waals surface area contributed by atoms with E-state index in [1.165, 1.54) is 34.5 Å². The fraction of sp³-hybridized carbons (Fsp3) is 0.452. The maximum absolute atomic E-state index is 14.9. The van der Waals surface area contributed by atoms with E-state index in [0.29, 0.717) is 24.4 Å². The molecule has 0 bridgehead atoms. The van der Waals surface area contributed by atoms with Gasteiger partial charge in [0.1, 0.15) is 11.6 Å². The molecule has 3 heterocycles. The number of carbonyl (C=O) groups excluding carboxylic acids is 1. The summed E-state index contributed by atoms with van der Waals surface area (Å²) in [6.45, 7) is 8.89. The average Bonchev–Trinajstić information content (AvgIpc) is 3.14. The van der Waals surface area contributed by atoms with Gasteiger partial charge in [-0.05, 0) is 57.8 Å². The second-order valence-corrected chi connectivity index (χ2v) is 12.5. The SMILES string of the molecule is C=CC(=O)N1[C@H](C)CN(c2nc(=O)n3c4c(c(-c5ccc(F)cc5)c(C(F)(F)F)cc24)SC[C@@H](OCCN(C)C)C3)C[C@@H]1C. The zero-order valence-corrected chi connectivity index (χ0v) is 25.8. The second-order valence-electron chi connectivity index (χ2n) is 11.5. The number of alkyl halides is 3. The summed E-state index contributed by atoms with van der Waals surface area (Å²) in [6.07, 6.45) is -4.00. The van der Waals surface area contributed by atoms with Crippen molar-refractivity contribution >= 4 is 34.4 Å². The van der Waals surface area contributed by atoms with Crippen LogP contribution in [0.15, 0.2) is 52.7 Å². The van der Waals surface area contributed by atoms with Crippen molar-refractivity contribution < 1.29 is 27.1 Å². The van der Waals surface area contributed by atoms with Crippen molar-refractivity contribution in [1.29, 1.82) is 0 Å². The van der Waals surface area contributed by atoms with Crippen LogP contribution in [0.4, 0.5) is 23.4 Å². The molecule has 0 spiro atoms. The molecule has 3 atom stereocenters. The molecule has 1 saturated heterocycles. The lowest BCUT2D eigenvalue weighted by Gasteiger charge is -2.44. The number of halogens is 4. The molecule has 0 unspecified atom stereocenters. The fourth-order valence-electron chi connectivity index (χ4n) is 6.04. The molecule has 1 fully saturated rings. The van der Waals surface area contributed by atoms with Gasteiger partial charge < -0.3 is 19.4 Å². The Morgan fingerprint density at radius 3 is 2.41 bits per heavy atom. The van der Waals surface area contributed by atoms with Crippen LogP contribution in [0.2, 0.25) is 0 Å². The number of ether oxygens (including phenoxy) is 1. The highest BCUT2D eigenvalue weighted by Crippen LogP contribution is 2.48. The maximum Gasteiger partial charge on any atom is 0.417 e. The molecule has 2 aliphatic heterocycles. The van der Waals surface area contributed by atoms with Gasteiger partial charge >= 0.3 is 11.9 Å². The first-order chi connectivity index (χ1) is 20.8. The number of amides is 1. The van der Waals surface area contributed by atoms with Gasteiger partial charge in [0, 0.05) is 53.3 Å². The lowest BCUT2D eigenvalue weighted by atomic mass is 9.96. The summed E-state index contributed by atoms with van der Waals surface area (Å²) in [5, 5.41) is 0.183. The van der Waals surface area contributed by atoms with Crippen molar-refractivity contribution in [2.45, 2.75) is 49.7 Å². The largest absolute Gasteiger partial charge is 0.417 e. The number of hydrogen-bond donors (Lipinski definition) is 0. The molecule has 0 N–H and O–H groups in total. The van der Waals surface area contributed by atoms with Crippen LogP contribution in [0.1, 0.15) is 19.4 Å². The van der Waals surface area contributed by atoms with Gasteiger partial charge in [0.15, 0.2) is 0 Å². The zero-order valence-electron chi connectivity index (χ0n) is 25.0. The monoisotopic (exact) mass is 633 g/mol. The van der Waals surface area contributed by atoms with Gasteiger partial charge in [-0.25, -0.2) is 9.18 Å². The number of anilines is 1. The number of thioether (sulfide) groups is 1. The summed E-state index contributed by atoms with van der Waals surface area (Å²) in [6, 6.07) is 5.31. The minimum Gasteiger partial charge on any atom is -0.374 e. The first kappa shape index (κ1) is 32.0. The van der Waals surface area contributed by atoms with Crippen molar-refractivity contribution in [3.05, 3.63) is 64.9 Å². The van der Waals surface area contributed by atoms with Crippen LogP contribution >= 0.6 is 11.8 Å². The Labute approximate surface area is 257 Å². The van der Waals surface area contributed by atoms with Crippen LogP contribution in [-0.4, -0.2) is 89.5 Å². The third-order valence-electron chi connectivity index (χ3n) is 7.98. The van der Waals surface area contributed by atoms with Crippen LogP contribution < -0.4 is 10.6 Å². The Kier molecular flexibility index (Phi) is 9.11. The lowest BCUT2D eigenvalue weighted by Crippen LogP contribution is -2.58. The fourth-order valence-corrected chi connectivity index (χ4v) is 7.32. The van der Waals surface area contributed by atoms with Gasteiger partial charge in [0.05, 0.1) is 30.3 Å². The number of aromatic nitrogens is 2. The Bertz CT molecular complexity index is 1610. The van der Waals surface area contributed by atoms with Crippen molar-refractivity contribution in [3.8, 4) is 11.1 Å². The summed E-state index contributed by atoms with van der Waals surface area (Å²) in [4.78, 5) is 36.3. The maximum atomic E-state index is 14.9. The second kappa shape index (κ2) is 12.5. The molecular formula is C31H35F4N5O3S. The average molecular weight is 634 g/mol. The number of rotatable bonds is 7. The molecule has 44 heavy (non-hydrogen) atoms. The van der Waals surface area contributed by atoms with Gasteiger partial charge in [-0.2, -0.15) is 18.2 Å². The highest BCUT2D eigenvalue weighted by Gasteiger charge is 2.39. The molecule has 2 aromatic carbocycles. The van der Waals surface area contributed by atoms with E-state index in [1.807, 2.05) is 32.8 Å². The van der Waals surface area contributed by atoms with E-state index < -0.39 is 29.4 Å². The predicted molar refractivity (Wildman–Crippen MR) is 164 cm³/mol. The third kappa shape index (κ3) is 6.22. The van der Waals surface area contributed by atoms with E-state index in [9.17, 15) is 27.2 Å². The highest BCUT2D eigenvalue weighted by atomic mass is 32.2. The van der Waals surface area contributed by atoms with Gasteiger partial charge in [-0.1, -0.05) is 18.7 Å². The summed E-state index contributed by atoms with van der Waals surface area (Å²) in [5.74, 6) is -0.386. The molecule has 13 heteroatoms. The lowest BCUT2D eigenvalue weighted by molar-refractivity contribution is -0.137. The van der Waals surface area contributed by atoms with Gasteiger partial charge in [-0.3, -0.25) is 9.36 Å². The van der Waals surface area contributed by atoms with E-state index in [-0.39, 0.29) is 64.9 Å². The number of benzene rings is 2. The van der Waals surface area contributed by atoms with Crippen LogP contribution in [0, 0.1) is 5.82 Å². The predicted octanol–water partition coefficient (Wildman–Crippen LogP) is 4.89. The first-order valence-corrected chi connectivity index (χ1v) is 15.3. The molecule has 0 radical (unpaired) electrons. The Morgan fingerprint density at radius 2 is 1.82 bits per heavy atom. The standard InChI is InChI=1S/C31H35F4N5O3S/c1-6-25(41)40-18(2)14-38(15-19(40)3)29-23-13-24(31(33,34)35)26(20-7-9-21(32)10-8-20)28-27(23)39(30(42)36-29)16-22(17-44-28)43-12-11-37(4)5/h6-10,13,18-19,22H,1,11-12,14-17H2,2-5H3/t18-,19+,22-/m0/s1. The third-order valence-corrected chi connectivity index (χ3v) is 9.20. The van der Waals surface area contributed by atoms with Gasteiger partial charge in [-0.15, -0.1) is 11.8 Å². The quantitative estimate of drug-likeness (QED) is 0.271. The molecule has 2 aliphatic rings. The topological polar surface area (TPSA) is 70.9 Å². The van der Waals surface area contributed by atoms with E-state index in [1.54, 1.807) is 9.80 Å². The van der Waals surface area contributed by atoms with Gasteiger partial charge in [0.2, 0.25) is 5.91 Å². The number of nitrogens with zero attached hydrogens (tertiary/aromatic N) is 5. The number of carbonyl (C=O) groups is 1. The smallest absolute Gasteiger partial charge is 0.374 e. The summed E-state index contributed by atoms with van der Waals surface area (Å²) in [5.41, 5.74) is -1.10. The molecule has 5 rings (SSSR count). The van der Waals surface area contributed by atoms with Crippen molar-refractivity contribution in [1.82, 2.24) is 19.4 Å². The molecule has 236 valence electrons. The first-order valence-electron chi connectivity index (χ1n) is 14.3. The van der Waals surface area contributed by atoms with Crippen molar-refractivity contribution in [3.63, 3.8) is 0 Å². The van der Waals surface area contributed by atoms with E-state index in [0.717, 1.165) is 18.2 Å². The Balaban J connectivity index is 1.74. The summed E-state index contributed by atoms with van der Waals surface area (Å²) < 4.78 is 66.0. The summed E-state index contributed by atoms with van der Waals surface area (Å²) in [7, 11) is 3.81. The molecule has 1 aromatic heterocycles. The zero-order chi connectivity index (χ0) is 31.9. The molecular weight excluding hydrogens is 598 g/mol. The van der Waals surface area contributed by atoms with E-state index in [4.69, 9.17) is 4.74 Å². The molecule has 3 aromatic rings. The van der Waals surface area contributed by atoms with Crippen LogP contribution in [0.3, 0.4) is 0 Å². The van der Waals surface area contributed by atoms with Crippen LogP contribution in [0.5, 0.6) is 0 Å². The number of piperazine rings is 1. The van der Waals surface area contributed by atoms with Crippen molar-refractivity contribution in [2.24, 2.45) is 0 Å². The van der Waals surface area contributed by atoms with E-state index in [2.05, 4.69) is 11.6 Å². The van der Waals surface area contributed by atoms with Crippen molar-refractivity contribution in [2.75, 3.05) is 51.0 Å². The molecule has 0 aliphatic carbocycles. The highest BCUT2D eigenvalue weighted by molar-refractivity contribution is 7.99. The molecule has 8 nitrogen and oxygen atoms in total. The van der Waals surface area contributed by atoms with E-state index >= 15 is 0 Å². The van der Waals surface area contributed by atoms with Crippen LogP contribution in [0.25, 0.3) is 22.0 Å². The minimum absolute atomic E-state index is 0.110. The van der Waals surface area contributed by atoms with Gasteiger partial charge in [0.25, 0.3) is 0 Å². The number of likely N-dealkylation sites (N-methyl/N-ethyl adjacent to an activating group) is 1.